The molecule has 0 amide bonds. The van der Waals surface area contributed by atoms with E-state index in [-0.39, 0.29) is 5.82 Å². The summed E-state index contributed by atoms with van der Waals surface area (Å²) < 4.78 is 20.4. The van der Waals surface area contributed by atoms with E-state index < -0.39 is 0 Å². The molecule has 0 spiro atoms. The molecule has 0 aliphatic heterocycles. The Bertz CT molecular complexity index is 749. The number of hydrogen-bond donors (Lipinski definition) is 0. The molecule has 0 heterocycles. The topological polar surface area (TPSA) is 9.23 Å². The molecule has 3 fully saturated rings. The molecule has 1 aromatic carbocycles. The third-order valence-electron chi connectivity index (χ3n) is 9.71. The maximum absolute atomic E-state index is 14.8. The minimum absolute atomic E-state index is 0.0826. The summed E-state index contributed by atoms with van der Waals surface area (Å²) in [7, 11) is 0. The van der Waals surface area contributed by atoms with Crippen molar-refractivity contribution in [1.29, 1.82) is 0 Å². The molecule has 3 aliphatic rings. The molecule has 1 aromatic rings. The SMILES string of the molecule is C=CCOc1ccc(C2CCC3CC(C4CCC(CCCCCCC)CC4)CCC3C2)c(F)c1. The minimum atomic E-state index is -0.0826. The molecular weight excluding hydrogens is 419 g/mol. The summed E-state index contributed by atoms with van der Waals surface area (Å²) in [6, 6.07) is 5.49. The summed E-state index contributed by atoms with van der Waals surface area (Å²) in [5.74, 6) is 5.61. The highest BCUT2D eigenvalue weighted by Gasteiger charge is 2.39. The Kier molecular flexibility index (Phi) is 9.95. The van der Waals surface area contributed by atoms with Gasteiger partial charge in [0.1, 0.15) is 18.2 Å². The third-order valence-corrected chi connectivity index (χ3v) is 9.71. The molecule has 2 heteroatoms. The lowest BCUT2D eigenvalue weighted by molar-refractivity contribution is 0.0706. The molecular formula is C32H49FO. The van der Waals surface area contributed by atoms with Crippen molar-refractivity contribution in [1.82, 2.24) is 0 Å². The van der Waals surface area contributed by atoms with Crippen LogP contribution in [-0.4, -0.2) is 6.61 Å². The van der Waals surface area contributed by atoms with Crippen molar-refractivity contribution in [2.24, 2.45) is 29.6 Å². The van der Waals surface area contributed by atoms with Crippen molar-refractivity contribution in [3.05, 3.63) is 42.2 Å². The Morgan fingerprint density at radius 3 is 2.26 bits per heavy atom. The van der Waals surface area contributed by atoms with Gasteiger partial charge in [-0.05, 0) is 98.5 Å². The van der Waals surface area contributed by atoms with E-state index in [1.54, 1.807) is 12.1 Å². The van der Waals surface area contributed by atoms with Gasteiger partial charge in [-0.15, -0.1) is 0 Å². The second kappa shape index (κ2) is 13.1. The first-order valence-corrected chi connectivity index (χ1v) is 14.7. The number of hydrogen-bond acceptors (Lipinski definition) is 1. The smallest absolute Gasteiger partial charge is 0.130 e. The summed E-state index contributed by atoms with van der Waals surface area (Å²) in [5.41, 5.74) is 0.916. The van der Waals surface area contributed by atoms with Gasteiger partial charge in [-0.3, -0.25) is 0 Å². The maximum atomic E-state index is 14.8. The van der Waals surface area contributed by atoms with Gasteiger partial charge in [0.25, 0.3) is 0 Å². The molecule has 34 heavy (non-hydrogen) atoms. The van der Waals surface area contributed by atoms with E-state index in [4.69, 9.17) is 4.74 Å². The molecule has 190 valence electrons. The Balaban J connectivity index is 1.20. The maximum Gasteiger partial charge on any atom is 0.130 e. The van der Waals surface area contributed by atoms with Gasteiger partial charge < -0.3 is 4.74 Å². The molecule has 4 unspecified atom stereocenters. The van der Waals surface area contributed by atoms with Crippen LogP contribution in [0.15, 0.2) is 30.9 Å². The van der Waals surface area contributed by atoms with Crippen molar-refractivity contribution in [2.45, 2.75) is 116 Å². The van der Waals surface area contributed by atoms with Gasteiger partial charge in [0.2, 0.25) is 0 Å². The third kappa shape index (κ3) is 6.88. The van der Waals surface area contributed by atoms with Crippen molar-refractivity contribution >= 4 is 0 Å². The number of halogens is 1. The van der Waals surface area contributed by atoms with Crippen LogP contribution < -0.4 is 4.74 Å². The Hall–Kier alpha value is -1.31. The van der Waals surface area contributed by atoms with Crippen LogP contribution in [0.3, 0.4) is 0 Å². The van der Waals surface area contributed by atoms with Crippen LogP contribution in [0, 0.1) is 35.4 Å². The minimum Gasteiger partial charge on any atom is -0.489 e. The summed E-state index contributed by atoms with van der Waals surface area (Å²) in [6.45, 7) is 6.40. The molecule has 0 saturated heterocycles. The molecule has 0 bridgehead atoms. The Morgan fingerprint density at radius 2 is 1.53 bits per heavy atom. The van der Waals surface area contributed by atoms with Crippen molar-refractivity contribution in [2.75, 3.05) is 6.61 Å². The molecule has 0 radical (unpaired) electrons. The van der Waals surface area contributed by atoms with Crippen molar-refractivity contribution in [3.8, 4) is 5.75 Å². The first-order chi connectivity index (χ1) is 16.7. The van der Waals surface area contributed by atoms with Crippen molar-refractivity contribution < 1.29 is 9.13 Å². The summed E-state index contributed by atoms with van der Waals surface area (Å²) >= 11 is 0. The van der Waals surface area contributed by atoms with Crippen LogP contribution in [0.4, 0.5) is 4.39 Å². The second-order valence-electron chi connectivity index (χ2n) is 11.9. The molecule has 0 N–H and O–H groups in total. The number of fused-ring (bicyclic) bond motifs is 1. The van der Waals surface area contributed by atoms with Crippen molar-refractivity contribution in [3.63, 3.8) is 0 Å². The lowest BCUT2D eigenvalue weighted by atomic mass is 9.60. The molecule has 4 atom stereocenters. The molecule has 3 aliphatic carbocycles. The molecule has 4 rings (SSSR count). The van der Waals surface area contributed by atoms with Gasteiger partial charge in [-0.2, -0.15) is 0 Å². The van der Waals surface area contributed by atoms with Crippen LogP contribution in [0.1, 0.15) is 121 Å². The average Bonchev–Trinajstić information content (AvgIpc) is 2.87. The van der Waals surface area contributed by atoms with E-state index in [9.17, 15) is 4.39 Å². The quantitative estimate of drug-likeness (QED) is 0.232. The molecule has 1 nitrogen and oxygen atoms in total. The number of ether oxygens (including phenoxy) is 1. The average molecular weight is 469 g/mol. The Morgan fingerprint density at radius 1 is 0.853 bits per heavy atom. The Labute approximate surface area is 208 Å². The largest absolute Gasteiger partial charge is 0.489 e. The van der Waals surface area contributed by atoms with Gasteiger partial charge in [-0.25, -0.2) is 4.39 Å². The number of benzene rings is 1. The standard InChI is InChI=1S/C32H49FO/c1-3-5-6-7-8-9-24-10-12-25(13-11-24)26-14-15-28-22-29(17-16-27(28)21-26)31-19-18-30(23-32(31)33)34-20-4-2/h4,18-19,23-29H,2-3,5-17,20-22H2,1H3. The highest BCUT2D eigenvalue weighted by atomic mass is 19.1. The van der Waals surface area contributed by atoms with Crippen LogP contribution in [-0.2, 0) is 0 Å². The fourth-order valence-electron chi connectivity index (χ4n) is 7.70. The van der Waals surface area contributed by atoms with Crippen LogP contribution in [0.5, 0.6) is 5.75 Å². The van der Waals surface area contributed by atoms with Gasteiger partial charge in [0.05, 0.1) is 0 Å². The van der Waals surface area contributed by atoms with Gasteiger partial charge in [0.15, 0.2) is 0 Å². The summed E-state index contributed by atoms with van der Waals surface area (Å²) in [6.07, 6.45) is 24.2. The van der Waals surface area contributed by atoms with E-state index in [1.165, 1.54) is 96.3 Å². The zero-order valence-corrected chi connectivity index (χ0v) is 21.8. The van der Waals surface area contributed by atoms with Gasteiger partial charge >= 0.3 is 0 Å². The van der Waals surface area contributed by atoms with E-state index in [0.29, 0.717) is 18.3 Å². The van der Waals surface area contributed by atoms with Crippen LogP contribution in [0.25, 0.3) is 0 Å². The van der Waals surface area contributed by atoms with E-state index in [2.05, 4.69) is 13.5 Å². The predicted molar refractivity (Wildman–Crippen MR) is 142 cm³/mol. The monoisotopic (exact) mass is 468 g/mol. The summed E-state index contributed by atoms with van der Waals surface area (Å²) in [4.78, 5) is 0. The fraction of sp³-hybridized carbons (Fsp3) is 0.750. The highest BCUT2D eigenvalue weighted by Crippen LogP contribution is 2.51. The highest BCUT2D eigenvalue weighted by molar-refractivity contribution is 5.31. The zero-order valence-electron chi connectivity index (χ0n) is 21.8. The van der Waals surface area contributed by atoms with Gasteiger partial charge in [0, 0.05) is 6.07 Å². The lowest BCUT2D eigenvalue weighted by Crippen LogP contribution is -2.34. The normalized spacial score (nSPS) is 31.6. The zero-order chi connectivity index (χ0) is 23.8. The first-order valence-electron chi connectivity index (χ1n) is 14.7. The van der Waals surface area contributed by atoms with Crippen LogP contribution >= 0.6 is 0 Å². The molecule has 3 saturated carbocycles. The predicted octanol–water partition coefficient (Wildman–Crippen LogP) is 9.86. The van der Waals surface area contributed by atoms with E-state index in [1.807, 2.05) is 12.1 Å². The second-order valence-corrected chi connectivity index (χ2v) is 11.9. The van der Waals surface area contributed by atoms with Gasteiger partial charge in [-0.1, -0.05) is 77.0 Å². The van der Waals surface area contributed by atoms with Crippen LogP contribution in [0.2, 0.25) is 0 Å². The summed E-state index contributed by atoms with van der Waals surface area (Å²) in [5, 5.41) is 0. The first kappa shape index (κ1) is 25.8. The van der Waals surface area contributed by atoms with E-state index in [0.717, 1.165) is 41.6 Å². The lowest BCUT2D eigenvalue weighted by Gasteiger charge is -2.45. The fourth-order valence-corrected chi connectivity index (χ4v) is 7.70. The number of rotatable bonds is 11. The molecule has 0 aromatic heterocycles. The number of unbranched alkanes of at least 4 members (excludes halogenated alkanes) is 4. The van der Waals surface area contributed by atoms with E-state index >= 15 is 0 Å².